The number of nitrogens with two attached hydrogens (primary N) is 1. The molecule has 0 atom stereocenters. The van der Waals surface area contributed by atoms with E-state index in [-0.39, 0.29) is 0 Å². The van der Waals surface area contributed by atoms with Gasteiger partial charge in [-0.15, -0.1) is 0 Å². The molecule has 0 bridgehead atoms. The molecule has 0 fully saturated rings. The first kappa shape index (κ1) is 13.5. The summed E-state index contributed by atoms with van der Waals surface area (Å²) in [5, 5.41) is 0. The van der Waals surface area contributed by atoms with Crippen molar-refractivity contribution in [3.63, 3.8) is 0 Å². The molecule has 1 aromatic heterocycles. The molecule has 1 aromatic carbocycles. The lowest BCUT2D eigenvalue weighted by molar-refractivity contribution is 0.416. The fraction of sp³-hybridized carbons (Fsp3) is 0.333. The van der Waals surface area contributed by atoms with Crippen molar-refractivity contribution in [2.75, 3.05) is 13.7 Å². The number of hydrogen-bond acceptors (Lipinski definition) is 4. The first-order valence-electron chi connectivity index (χ1n) is 6.41. The Morgan fingerprint density at radius 3 is 2.84 bits per heavy atom. The second kappa shape index (κ2) is 6.29. The van der Waals surface area contributed by atoms with Gasteiger partial charge in [-0.25, -0.2) is 9.97 Å². The Morgan fingerprint density at radius 2 is 2.11 bits per heavy atom. The highest BCUT2D eigenvalue weighted by Crippen LogP contribution is 2.29. The van der Waals surface area contributed by atoms with E-state index >= 15 is 0 Å². The summed E-state index contributed by atoms with van der Waals surface area (Å²) in [7, 11) is 1.67. The summed E-state index contributed by atoms with van der Waals surface area (Å²) in [4.78, 5) is 8.86. The Balaban J connectivity index is 2.38. The van der Waals surface area contributed by atoms with E-state index in [0.29, 0.717) is 6.54 Å². The maximum absolute atomic E-state index is 5.52. The minimum absolute atomic E-state index is 0.654. The van der Waals surface area contributed by atoms with E-state index in [4.69, 9.17) is 10.5 Å². The van der Waals surface area contributed by atoms with Gasteiger partial charge in [-0.05, 0) is 38.1 Å². The van der Waals surface area contributed by atoms with Gasteiger partial charge in [0, 0.05) is 18.2 Å². The van der Waals surface area contributed by atoms with E-state index < -0.39 is 0 Å². The standard InChI is InChI=1S/C15H19N3O/c1-11-5-6-14(19-2)12(10-11)13-7-9-17-15(18-13)4-3-8-16/h5-7,9-10H,3-4,8,16H2,1-2H3. The van der Waals surface area contributed by atoms with Crippen LogP contribution in [0, 0.1) is 6.92 Å². The maximum atomic E-state index is 5.52. The molecule has 100 valence electrons. The monoisotopic (exact) mass is 257 g/mol. The molecule has 0 amide bonds. The van der Waals surface area contributed by atoms with Crippen molar-refractivity contribution in [3.05, 3.63) is 41.9 Å². The van der Waals surface area contributed by atoms with Crippen molar-refractivity contribution in [2.45, 2.75) is 19.8 Å². The van der Waals surface area contributed by atoms with Crippen LogP contribution in [-0.2, 0) is 6.42 Å². The molecule has 0 spiro atoms. The Labute approximate surface area is 113 Å². The third-order valence-electron chi connectivity index (χ3n) is 2.94. The van der Waals surface area contributed by atoms with Crippen LogP contribution < -0.4 is 10.5 Å². The van der Waals surface area contributed by atoms with Crippen LogP contribution in [0.4, 0.5) is 0 Å². The molecule has 4 heteroatoms. The second-order valence-electron chi connectivity index (χ2n) is 4.45. The zero-order chi connectivity index (χ0) is 13.7. The molecule has 19 heavy (non-hydrogen) atoms. The minimum atomic E-state index is 0.654. The molecule has 2 N–H and O–H groups in total. The van der Waals surface area contributed by atoms with Crippen LogP contribution in [0.3, 0.4) is 0 Å². The summed E-state index contributed by atoms with van der Waals surface area (Å²) >= 11 is 0. The van der Waals surface area contributed by atoms with Gasteiger partial charge >= 0.3 is 0 Å². The predicted octanol–water partition coefficient (Wildman–Crippen LogP) is 2.35. The van der Waals surface area contributed by atoms with E-state index in [1.807, 2.05) is 18.2 Å². The number of ether oxygens (including phenoxy) is 1. The SMILES string of the molecule is COc1ccc(C)cc1-c1ccnc(CCCN)n1. The average Bonchev–Trinajstić information content (AvgIpc) is 2.45. The highest BCUT2D eigenvalue weighted by molar-refractivity contribution is 5.67. The number of benzene rings is 1. The largest absolute Gasteiger partial charge is 0.496 e. The fourth-order valence-corrected chi connectivity index (χ4v) is 1.95. The average molecular weight is 257 g/mol. The van der Waals surface area contributed by atoms with E-state index in [1.165, 1.54) is 5.56 Å². The first-order valence-corrected chi connectivity index (χ1v) is 6.41. The Bertz CT molecular complexity index is 555. The molecule has 0 saturated heterocycles. The Hall–Kier alpha value is -1.94. The van der Waals surface area contributed by atoms with Crippen LogP contribution in [-0.4, -0.2) is 23.6 Å². The van der Waals surface area contributed by atoms with Crippen LogP contribution in [0.1, 0.15) is 17.8 Å². The summed E-state index contributed by atoms with van der Waals surface area (Å²) in [6.45, 7) is 2.71. The van der Waals surface area contributed by atoms with Gasteiger partial charge in [0.25, 0.3) is 0 Å². The van der Waals surface area contributed by atoms with Crippen LogP contribution in [0.25, 0.3) is 11.3 Å². The van der Waals surface area contributed by atoms with Gasteiger partial charge in [0.1, 0.15) is 11.6 Å². The van der Waals surface area contributed by atoms with Crippen LogP contribution in [0.15, 0.2) is 30.5 Å². The molecule has 0 saturated carbocycles. The van der Waals surface area contributed by atoms with Gasteiger partial charge in [0.2, 0.25) is 0 Å². The summed E-state index contributed by atoms with van der Waals surface area (Å²) in [6, 6.07) is 7.97. The van der Waals surface area contributed by atoms with Gasteiger partial charge in [0.15, 0.2) is 0 Å². The van der Waals surface area contributed by atoms with Gasteiger partial charge in [-0.1, -0.05) is 11.6 Å². The fourth-order valence-electron chi connectivity index (χ4n) is 1.95. The molecule has 0 unspecified atom stereocenters. The zero-order valence-electron chi connectivity index (χ0n) is 11.4. The molecular formula is C15H19N3O. The summed E-state index contributed by atoms with van der Waals surface area (Å²) in [5.74, 6) is 1.65. The number of aryl methyl sites for hydroxylation is 2. The lowest BCUT2D eigenvalue weighted by Crippen LogP contribution is -2.03. The van der Waals surface area contributed by atoms with Crippen LogP contribution >= 0.6 is 0 Å². The summed E-state index contributed by atoms with van der Waals surface area (Å²) in [5.41, 5.74) is 8.58. The first-order chi connectivity index (χ1) is 9.24. The van der Waals surface area contributed by atoms with Gasteiger partial charge in [-0.2, -0.15) is 0 Å². The van der Waals surface area contributed by atoms with Crippen molar-refractivity contribution in [1.82, 2.24) is 9.97 Å². The normalized spacial score (nSPS) is 10.5. The summed E-state index contributed by atoms with van der Waals surface area (Å²) in [6.07, 6.45) is 3.49. The Morgan fingerprint density at radius 1 is 1.26 bits per heavy atom. The van der Waals surface area contributed by atoms with Gasteiger partial charge < -0.3 is 10.5 Å². The Kier molecular flexibility index (Phi) is 4.47. The van der Waals surface area contributed by atoms with Crippen molar-refractivity contribution in [2.24, 2.45) is 5.73 Å². The molecule has 2 aromatic rings. The molecule has 4 nitrogen and oxygen atoms in total. The van der Waals surface area contributed by atoms with E-state index in [1.54, 1.807) is 13.3 Å². The number of nitrogens with zero attached hydrogens (tertiary/aromatic N) is 2. The smallest absolute Gasteiger partial charge is 0.129 e. The van der Waals surface area contributed by atoms with Crippen molar-refractivity contribution < 1.29 is 4.74 Å². The maximum Gasteiger partial charge on any atom is 0.129 e. The lowest BCUT2D eigenvalue weighted by atomic mass is 10.1. The topological polar surface area (TPSA) is 61.0 Å². The van der Waals surface area contributed by atoms with Crippen molar-refractivity contribution in [3.8, 4) is 17.0 Å². The number of rotatable bonds is 5. The van der Waals surface area contributed by atoms with Crippen LogP contribution in [0.5, 0.6) is 5.75 Å². The van der Waals surface area contributed by atoms with E-state index in [9.17, 15) is 0 Å². The molecule has 0 radical (unpaired) electrons. The number of methoxy groups -OCH3 is 1. The van der Waals surface area contributed by atoms with Gasteiger partial charge in [0.05, 0.1) is 12.8 Å². The van der Waals surface area contributed by atoms with Crippen LogP contribution in [0.2, 0.25) is 0 Å². The van der Waals surface area contributed by atoms with E-state index in [2.05, 4.69) is 23.0 Å². The number of hydrogen-bond donors (Lipinski definition) is 1. The quantitative estimate of drug-likeness (QED) is 0.893. The highest BCUT2D eigenvalue weighted by atomic mass is 16.5. The molecule has 2 rings (SSSR count). The lowest BCUT2D eigenvalue weighted by Gasteiger charge is -2.09. The van der Waals surface area contributed by atoms with Crippen molar-refractivity contribution >= 4 is 0 Å². The van der Waals surface area contributed by atoms with Gasteiger partial charge in [-0.3, -0.25) is 0 Å². The third-order valence-corrected chi connectivity index (χ3v) is 2.94. The molecule has 0 aliphatic heterocycles. The van der Waals surface area contributed by atoms with Crippen molar-refractivity contribution in [1.29, 1.82) is 0 Å². The van der Waals surface area contributed by atoms with E-state index in [0.717, 1.165) is 35.7 Å². The summed E-state index contributed by atoms with van der Waals surface area (Å²) < 4.78 is 5.40. The predicted molar refractivity (Wildman–Crippen MR) is 76.1 cm³/mol. The third kappa shape index (κ3) is 3.29. The zero-order valence-corrected chi connectivity index (χ0v) is 11.4. The molecule has 0 aliphatic carbocycles. The minimum Gasteiger partial charge on any atom is -0.496 e. The highest BCUT2D eigenvalue weighted by Gasteiger charge is 2.08. The second-order valence-corrected chi connectivity index (χ2v) is 4.45. The molecular weight excluding hydrogens is 238 g/mol. The molecule has 1 heterocycles. The molecule has 0 aliphatic rings. The number of aromatic nitrogens is 2.